The minimum atomic E-state index is -0.464. The molecule has 0 aliphatic heterocycles. The lowest BCUT2D eigenvalue weighted by molar-refractivity contribution is -0.107. The molecule has 16 heavy (non-hydrogen) atoms. The van der Waals surface area contributed by atoms with Gasteiger partial charge in [-0.05, 0) is 6.42 Å². The van der Waals surface area contributed by atoms with Crippen molar-refractivity contribution in [1.29, 1.82) is 0 Å². The molecule has 0 atom stereocenters. The Morgan fingerprint density at radius 3 is 2.25 bits per heavy atom. The van der Waals surface area contributed by atoms with Crippen LogP contribution >= 0.6 is 0 Å². The van der Waals surface area contributed by atoms with Crippen LogP contribution in [0, 0.1) is 0 Å². The zero-order valence-electron chi connectivity index (χ0n) is 8.51. The summed E-state index contributed by atoms with van der Waals surface area (Å²) in [6.07, 6.45) is 1.38. The summed E-state index contributed by atoms with van der Waals surface area (Å²) >= 11 is 0. The molecule has 0 unspecified atom stereocenters. The zero-order chi connectivity index (χ0) is 12.1. The van der Waals surface area contributed by atoms with Gasteiger partial charge >= 0.3 is 0 Å². The maximum atomic E-state index is 11.6. The highest BCUT2D eigenvalue weighted by Gasteiger charge is 2.16. The van der Waals surface area contributed by atoms with E-state index in [-0.39, 0.29) is 24.2 Å². The number of carbonyl (C=O) groups is 2. The standard InChI is InChI=1S/C11H12O5/c12-4-2-1-3-8(14)11-9(15)5-7(13)6-10(11)16/h4-6,13,15-16H,1-3H2. The van der Waals surface area contributed by atoms with Gasteiger partial charge in [0.25, 0.3) is 0 Å². The van der Waals surface area contributed by atoms with E-state index in [2.05, 4.69) is 0 Å². The van der Waals surface area contributed by atoms with Crippen LogP contribution in [0.25, 0.3) is 0 Å². The van der Waals surface area contributed by atoms with Gasteiger partial charge in [-0.3, -0.25) is 4.79 Å². The van der Waals surface area contributed by atoms with Crippen LogP contribution in [0.5, 0.6) is 17.2 Å². The van der Waals surface area contributed by atoms with Crippen LogP contribution in [0.4, 0.5) is 0 Å². The Labute approximate surface area is 92.0 Å². The summed E-state index contributed by atoms with van der Waals surface area (Å²) in [6.45, 7) is 0. The summed E-state index contributed by atoms with van der Waals surface area (Å²) in [6, 6.07) is 1.96. The smallest absolute Gasteiger partial charge is 0.170 e. The second-order valence-corrected chi connectivity index (χ2v) is 3.34. The number of aromatic hydroxyl groups is 3. The first-order valence-corrected chi connectivity index (χ1v) is 4.78. The third-order valence-corrected chi connectivity index (χ3v) is 2.09. The van der Waals surface area contributed by atoms with Gasteiger partial charge in [-0.2, -0.15) is 0 Å². The van der Waals surface area contributed by atoms with Crippen LogP contribution in [0.3, 0.4) is 0 Å². The van der Waals surface area contributed by atoms with Crippen molar-refractivity contribution in [3.05, 3.63) is 17.7 Å². The number of aldehydes is 1. The van der Waals surface area contributed by atoms with Gasteiger partial charge in [0.15, 0.2) is 5.78 Å². The molecule has 0 radical (unpaired) electrons. The van der Waals surface area contributed by atoms with Gasteiger partial charge in [0.2, 0.25) is 0 Å². The number of carbonyl (C=O) groups excluding carboxylic acids is 2. The predicted octanol–water partition coefficient (Wildman–Crippen LogP) is 1.36. The molecule has 0 saturated heterocycles. The van der Waals surface area contributed by atoms with Gasteiger partial charge in [-0.15, -0.1) is 0 Å². The molecule has 0 fully saturated rings. The van der Waals surface area contributed by atoms with Crippen molar-refractivity contribution >= 4 is 12.1 Å². The average Bonchev–Trinajstić information content (AvgIpc) is 2.16. The molecule has 0 amide bonds. The monoisotopic (exact) mass is 224 g/mol. The topological polar surface area (TPSA) is 94.8 Å². The molecule has 86 valence electrons. The van der Waals surface area contributed by atoms with Gasteiger partial charge in [-0.1, -0.05) is 0 Å². The molecular weight excluding hydrogens is 212 g/mol. The van der Waals surface area contributed by atoms with Crippen molar-refractivity contribution in [2.75, 3.05) is 0 Å². The maximum Gasteiger partial charge on any atom is 0.170 e. The number of phenols is 3. The minimum absolute atomic E-state index is 0.0602. The van der Waals surface area contributed by atoms with Crippen LogP contribution in [0.15, 0.2) is 12.1 Å². The molecular formula is C11H12O5. The molecule has 5 nitrogen and oxygen atoms in total. The van der Waals surface area contributed by atoms with E-state index in [1.807, 2.05) is 0 Å². The van der Waals surface area contributed by atoms with Crippen LogP contribution in [0.1, 0.15) is 29.6 Å². The van der Waals surface area contributed by atoms with Gasteiger partial charge in [-0.25, -0.2) is 0 Å². The Balaban J connectivity index is 2.86. The van der Waals surface area contributed by atoms with E-state index < -0.39 is 17.3 Å². The fraction of sp³-hybridized carbons (Fsp3) is 0.273. The van der Waals surface area contributed by atoms with E-state index in [0.29, 0.717) is 12.7 Å². The van der Waals surface area contributed by atoms with Crippen molar-refractivity contribution in [2.45, 2.75) is 19.3 Å². The highest BCUT2D eigenvalue weighted by molar-refractivity contribution is 6.01. The second kappa shape index (κ2) is 5.16. The number of Topliss-reactive ketones (excluding diaryl/α,β-unsaturated/α-hetero) is 1. The number of hydrogen-bond donors (Lipinski definition) is 3. The van der Waals surface area contributed by atoms with Crippen LogP contribution in [-0.2, 0) is 4.79 Å². The molecule has 0 heterocycles. The van der Waals surface area contributed by atoms with Crippen molar-refractivity contribution in [2.24, 2.45) is 0 Å². The van der Waals surface area contributed by atoms with Gasteiger partial charge in [0, 0.05) is 25.0 Å². The van der Waals surface area contributed by atoms with E-state index in [1.54, 1.807) is 0 Å². The number of unbranched alkanes of at least 4 members (excludes halogenated alkanes) is 1. The van der Waals surface area contributed by atoms with Gasteiger partial charge in [0.1, 0.15) is 29.1 Å². The fourth-order valence-corrected chi connectivity index (χ4v) is 1.35. The molecule has 5 heteroatoms. The number of phenolic OH excluding ortho intramolecular Hbond substituents is 3. The van der Waals surface area contributed by atoms with Crippen molar-refractivity contribution in [3.8, 4) is 17.2 Å². The summed E-state index contributed by atoms with van der Waals surface area (Å²) in [5.41, 5.74) is -0.219. The Hall–Kier alpha value is -2.04. The van der Waals surface area contributed by atoms with E-state index in [4.69, 9.17) is 5.11 Å². The molecule has 1 aromatic carbocycles. The summed E-state index contributed by atoms with van der Waals surface area (Å²) in [5, 5.41) is 27.8. The SMILES string of the molecule is O=CCCCC(=O)c1c(O)cc(O)cc1O. The zero-order valence-corrected chi connectivity index (χ0v) is 8.51. The summed E-state index contributed by atoms with van der Waals surface area (Å²) < 4.78 is 0. The minimum Gasteiger partial charge on any atom is -0.508 e. The number of ketones is 1. The normalized spacial score (nSPS) is 10.0. The predicted molar refractivity (Wildman–Crippen MR) is 55.7 cm³/mol. The summed E-state index contributed by atoms with van der Waals surface area (Å²) in [4.78, 5) is 21.6. The summed E-state index contributed by atoms with van der Waals surface area (Å²) in [7, 11) is 0. The lowest BCUT2D eigenvalue weighted by Gasteiger charge is -2.06. The molecule has 0 saturated carbocycles. The van der Waals surface area contributed by atoms with E-state index in [0.717, 1.165) is 12.1 Å². The van der Waals surface area contributed by atoms with Crippen LogP contribution in [0.2, 0.25) is 0 Å². The van der Waals surface area contributed by atoms with Crippen molar-refractivity contribution in [1.82, 2.24) is 0 Å². The Kier molecular flexibility index (Phi) is 3.88. The third kappa shape index (κ3) is 2.73. The Morgan fingerprint density at radius 2 is 1.75 bits per heavy atom. The molecule has 3 N–H and O–H groups in total. The highest BCUT2D eigenvalue weighted by Crippen LogP contribution is 2.32. The number of hydrogen-bond acceptors (Lipinski definition) is 5. The van der Waals surface area contributed by atoms with Crippen molar-refractivity contribution < 1.29 is 24.9 Å². The van der Waals surface area contributed by atoms with Crippen molar-refractivity contribution in [3.63, 3.8) is 0 Å². The molecule has 1 rings (SSSR count). The molecule has 0 aromatic heterocycles. The fourth-order valence-electron chi connectivity index (χ4n) is 1.35. The lowest BCUT2D eigenvalue weighted by Crippen LogP contribution is -2.00. The largest absolute Gasteiger partial charge is 0.508 e. The molecule has 0 aliphatic carbocycles. The van der Waals surface area contributed by atoms with E-state index >= 15 is 0 Å². The summed E-state index contributed by atoms with van der Waals surface area (Å²) in [5.74, 6) is -1.71. The molecule has 0 aliphatic rings. The van der Waals surface area contributed by atoms with E-state index in [1.165, 1.54) is 0 Å². The lowest BCUT2D eigenvalue weighted by atomic mass is 10.0. The Bertz CT molecular complexity index is 388. The molecule has 1 aromatic rings. The third-order valence-electron chi connectivity index (χ3n) is 2.09. The maximum absolute atomic E-state index is 11.6. The van der Waals surface area contributed by atoms with Crippen LogP contribution < -0.4 is 0 Å². The first-order chi connectivity index (χ1) is 7.56. The first kappa shape index (κ1) is 12.0. The Morgan fingerprint density at radius 1 is 1.19 bits per heavy atom. The highest BCUT2D eigenvalue weighted by atomic mass is 16.3. The number of rotatable bonds is 5. The molecule has 0 spiro atoms. The number of benzene rings is 1. The first-order valence-electron chi connectivity index (χ1n) is 4.78. The average molecular weight is 224 g/mol. The van der Waals surface area contributed by atoms with Crippen LogP contribution in [-0.4, -0.2) is 27.4 Å². The van der Waals surface area contributed by atoms with Gasteiger partial charge in [0.05, 0.1) is 0 Å². The molecule has 0 bridgehead atoms. The van der Waals surface area contributed by atoms with Gasteiger partial charge < -0.3 is 20.1 Å². The quantitative estimate of drug-likeness (QED) is 0.398. The second-order valence-electron chi connectivity index (χ2n) is 3.34. The van der Waals surface area contributed by atoms with E-state index in [9.17, 15) is 19.8 Å².